The third-order valence-corrected chi connectivity index (χ3v) is 7.19. The molecule has 34 heavy (non-hydrogen) atoms. The maximum absolute atomic E-state index is 13.1. The van der Waals surface area contributed by atoms with E-state index in [1.807, 2.05) is 0 Å². The average Bonchev–Trinajstić information content (AvgIpc) is 3.21. The lowest BCUT2D eigenvalue weighted by atomic mass is 10.1. The Balaban J connectivity index is 1.43. The summed E-state index contributed by atoms with van der Waals surface area (Å²) in [7, 11) is 3.29. The molecule has 2 fully saturated rings. The van der Waals surface area contributed by atoms with Crippen LogP contribution in [0.4, 0.5) is 4.79 Å². The minimum Gasteiger partial charge on any atom is -0.297 e. The van der Waals surface area contributed by atoms with E-state index in [2.05, 4.69) is 51.6 Å². The van der Waals surface area contributed by atoms with Gasteiger partial charge >= 0.3 is 11.9 Å². The maximum Gasteiger partial charge on any atom is 0.333 e. The monoisotopic (exact) mass is 467 g/mol. The Labute approximate surface area is 203 Å². The van der Waals surface area contributed by atoms with Crippen molar-refractivity contribution >= 4 is 23.6 Å². The lowest BCUT2D eigenvalue weighted by Crippen LogP contribution is -2.61. The first-order chi connectivity index (χ1) is 16.5. The number of carbonyl (C=O) groups excluding carboxylic acids is 2. The van der Waals surface area contributed by atoms with Gasteiger partial charge in [0, 0.05) is 46.8 Å². The zero-order valence-electron chi connectivity index (χ0n) is 20.9. The summed E-state index contributed by atoms with van der Waals surface area (Å²) < 4.78 is 2.17. The van der Waals surface area contributed by atoms with Gasteiger partial charge in [0.25, 0.3) is 17.8 Å². The van der Waals surface area contributed by atoms with Gasteiger partial charge in [-0.3, -0.25) is 24.4 Å². The molecule has 0 N–H and O–H groups in total. The molecule has 8 nitrogen and oxygen atoms in total. The van der Waals surface area contributed by atoms with E-state index in [9.17, 15) is 9.59 Å². The fourth-order valence-corrected chi connectivity index (χ4v) is 5.07. The Morgan fingerprint density at radius 3 is 2.21 bits per heavy atom. The van der Waals surface area contributed by atoms with Crippen LogP contribution >= 0.6 is 0 Å². The van der Waals surface area contributed by atoms with Crippen molar-refractivity contribution in [3.8, 4) is 0 Å². The number of fused-ring (bicyclic) bond motifs is 1. The van der Waals surface area contributed by atoms with Crippen LogP contribution in [0.15, 0.2) is 35.3 Å². The van der Waals surface area contributed by atoms with Gasteiger partial charge in [0.05, 0.1) is 6.54 Å². The standard InChI is InChI=1S/C26H39N6O2/c1-4-5-6-7-11-14-32-22(27-24-23(32)25(33)29(3)26(34)28(24)2)20-31-17-15-30(16-18-31)19-21-12-9-8-10-13-21/h8-10,12-13,23H,4-7,11,14-20H2,1-3H3/q+1. The predicted molar refractivity (Wildman–Crippen MR) is 134 cm³/mol. The van der Waals surface area contributed by atoms with Gasteiger partial charge < -0.3 is 0 Å². The molecule has 2 saturated heterocycles. The number of likely N-dealkylation sites (N-methyl/N-ethyl adjacent to an activating group) is 2. The minimum atomic E-state index is -0.478. The van der Waals surface area contributed by atoms with Crippen LogP contribution in [-0.4, -0.2) is 107 Å². The number of aliphatic imine (C=N–C) groups is 1. The van der Waals surface area contributed by atoms with Crippen molar-refractivity contribution in [1.29, 1.82) is 0 Å². The van der Waals surface area contributed by atoms with Crippen molar-refractivity contribution in [3.05, 3.63) is 35.9 Å². The molecule has 3 aliphatic heterocycles. The first kappa shape index (κ1) is 24.5. The zero-order valence-corrected chi connectivity index (χ0v) is 20.9. The number of imide groups is 1. The highest BCUT2D eigenvalue weighted by Crippen LogP contribution is 2.20. The quantitative estimate of drug-likeness (QED) is 0.392. The third kappa shape index (κ3) is 5.39. The number of benzene rings is 1. The van der Waals surface area contributed by atoms with Gasteiger partial charge in [0.15, 0.2) is 0 Å². The van der Waals surface area contributed by atoms with Gasteiger partial charge in [-0.2, -0.15) is 0 Å². The van der Waals surface area contributed by atoms with E-state index in [0.717, 1.165) is 57.9 Å². The average molecular weight is 468 g/mol. The van der Waals surface area contributed by atoms with E-state index < -0.39 is 6.04 Å². The molecule has 1 unspecified atom stereocenters. The van der Waals surface area contributed by atoms with Gasteiger partial charge in [0.2, 0.25) is 0 Å². The second-order valence-electron chi connectivity index (χ2n) is 9.67. The fraction of sp³-hybridized carbons (Fsp3) is 0.615. The van der Waals surface area contributed by atoms with Crippen molar-refractivity contribution in [3.63, 3.8) is 0 Å². The third-order valence-electron chi connectivity index (χ3n) is 7.19. The molecule has 3 heterocycles. The molecular weight excluding hydrogens is 428 g/mol. The lowest BCUT2D eigenvalue weighted by Gasteiger charge is -2.34. The highest BCUT2D eigenvalue weighted by molar-refractivity contribution is 6.23. The van der Waals surface area contributed by atoms with Crippen LogP contribution in [-0.2, 0) is 11.3 Å². The molecular formula is C26H39N6O2+. The lowest BCUT2D eigenvalue weighted by molar-refractivity contribution is -0.537. The number of amides is 3. The molecule has 3 amide bonds. The number of hydrogen-bond acceptors (Lipinski definition) is 5. The van der Waals surface area contributed by atoms with Crippen LogP contribution in [0.3, 0.4) is 0 Å². The van der Waals surface area contributed by atoms with E-state index in [1.54, 1.807) is 19.0 Å². The Morgan fingerprint density at radius 1 is 0.882 bits per heavy atom. The van der Waals surface area contributed by atoms with Crippen LogP contribution in [0.1, 0.15) is 44.6 Å². The van der Waals surface area contributed by atoms with E-state index >= 15 is 0 Å². The Morgan fingerprint density at radius 2 is 1.53 bits per heavy atom. The fourth-order valence-electron chi connectivity index (χ4n) is 5.07. The van der Waals surface area contributed by atoms with E-state index in [-0.39, 0.29) is 11.9 Å². The molecule has 0 saturated carbocycles. The second-order valence-corrected chi connectivity index (χ2v) is 9.67. The Bertz CT molecular complexity index is 936. The number of carbonyl (C=O) groups is 2. The van der Waals surface area contributed by atoms with Crippen molar-refractivity contribution in [2.24, 2.45) is 4.99 Å². The van der Waals surface area contributed by atoms with Crippen LogP contribution < -0.4 is 0 Å². The van der Waals surface area contributed by atoms with Crippen LogP contribution in [0.2, 0.25) is 0 Å². The highest BCUT2D eigenvalue weighted by Gasteiger charge is 2.52. The smallest absolute Gasteiger partial charge is 0.297 e. The number of piperazine rings is 1. The molecule has 3 aliphatic rings. The number of rotatable bonds is 10. The molecule has 1 aromatic carbocycles. The Kier molecular flexibility index (Phi) is 8.11. The molecule has 0 aromatic heterocycles. The summed E-state index contributed by atoms with van der Waals surface area (Å²) in [6.07, 6.45) is 5.85. The van der Waals surface area contributed by atoms with Gasteiger partial charge in [-0.15, -0.1) is 0 Å². The largest absolute Gasteiger partial charge is 0.333 e. The molecule has 1 atom stereocenters. The van der Waals surface area contributed by atoms with Crippen molar-refractivity contribution in [1.82, 2.24) is 19.6 Å². The predicted octanol–water partition coefficient (Wildman–Crippen LogP) is 2.49. The number of nitrogens with zero attached hydrogens (tertiary/aromatic N) is 6. The Hall–Kier alpha value is -2.58. The van der Waals surface area contributed by atoms with Gasteiger partial charge in [0.1, 0.15) is 6.54 Å². The molecule has 1 aromatic rings. The molecule has 0 spiro atoms. The summed E-state index contributed by atoms with van der Waals surface area (Å²) in [6.45, 7) is 8.68. The molecule has 0 bridgehead atoms. The SMILES string of the molecule is CCCCCCC[N+]1=C(CN2CCN(Cc3ccccc3)CC2)N=C2C1C(=O)N(C)C(=O)N2C. The molecule has 184 valence electrons. The molecule has 8 heteroatoms. The van der Waals surface area contributed by atoms with E-state index in [0.29, 0.717) is 12.4 Å². The van der Waals surface area contributed by atoms with Crippen molar-refractivity contribution in [2.45, 2.75) is 51.6 Å². The highest BCUT2D eigenvalue weighted by atomic mass is 16.2. The number of urea groups is 1. The number of amidine groups is 2. The van der Waals surface area contributed by atoms with Crippen LogP contribution in [0.5, 0.6) is 0 Å². The zero-order chi connectivity index (χ0) is 24.1. The summed E-state index contributed by atoms with van der Waals surface area (Å²) in [5.41, 5.74) is 1.35. The minimum absolute atomic E-state index is 0.168. The van der Waals surface area contributed by atoms with Crippen molar-refractivity contribution < 1.29 is 14.2 Å². The summed E-state index contributed by atoms with van der Waals surface area (Å²) in [5.74, 6) is 1.34. The van der Waals surface area contributed by atoms with E-state index in [1.165, 1.54) is 29.7 Å². The topological polar surface area (TPSA) is 62.5 Å². The first-order valence-corrected chi connectivity index (χ1v) is 12.7. The second kappa shape index (κ2) is 11.2. The molecule has 0 aliphatic carbocycles. The summed E-state index contributed by atoms with van der Waals surface area (Å²) in [5, 5.41) is 0. The normalized spacial score (nSPS) is 22.0. The van der Waals surface area contributed by atoms with Crippen LogP contribution in [0.25, 0.3) is 0 Å². The van der Waals surface area contributed by atoms with Gasteiger partial charge in [-0.05, 0) is 23.4 Å². The summed E-state index contributed by atoms with van der Waals surface area (Å²) in [6, 6.07) is 9.83. The van der Waals surface area contributed by atoms with Gasteiger partial charge in [-0.1, -0.05) is 56.5 Å². The van der Waals surface area contributed by atoms with Crippen molar-refractivity contribution in [2.75, 3.05) is 53.4 Å². The number of unbranched alkanes of at least 4 members (excludes halogenated alkanes) is 4. The number of hydrogen-bond donors (Lipinski definition) is 0. The summed E-state index contributed by atoms with van der Waals surface area (Å²) in [4.78, 5) is 38.2. The first-order valence-electron chi connectivity index (χ1n) is 12.7. The molecule has 0 radical (unpaired) electrons. The van der Waals surface area contributed by atoms with Crippen LogP contribution in [0, 0.1) is 0 Å². The maximum atomic E-state index is 13.1. The summed E-state index contributed by atoms with van der Waals surface area (Å²) >= 11 is 0. The van der Waals surface area contributed by atoms with Gasteiger partial charge in [-0.25, -0.2) is 9.37 Å². The van der Waals surface area contributed by atoms with E-state index in [4.69, 9.17) is 4.99 Å². The molecule has 4 rings (SSSR count).